The lowest BCUT2D eigenvalue weighted by Crippen LogP contribution is -2.45. The van der Waals surface area contributed by atoms with Gasteiger partial charge in [0.15, 0.2) is 5.60 Å². The van der Waals surface area contributed by atoms with E-state index in [1.807, 2.05) is 31.3 Å². The molecule has 2 atom stereocenters. The second-order valence-electron chi connectivity index (χ2n) is 4.97. The zero-order valence-corrected chi connectivity index (χ0v) is 10.7. The fourth-order valence-electron chi connectivity index (χ4n) is 2.99. The second kappa shape index (κ2) is 3.95. The third kappa shape index (κ3) is 1.31. The van der Waals surface area contributed by atoms with E-state index in [9.17, 15) is 4.79 Å². The van der Waals surface area contributed by atoms with Gasteiger partial charge in [-0.1, -0.05) is 37.3 Å². The number of rotatable bonds is 0. The van der Waals surface area contributed by atoms with Crippen LogP contribution in [-0.2, 0) is 15.1 Å². The molecule has 2 aliphatic rings. The average molecular weight is 243 g/mol. The molecular weight excluding hydrogens is 226 g/mol. The van der Waals surface area contributed by atoms with Gasteiger partial charge in [0.1, 0.15) is 0 Å². The quantitative estimate of drug-likeness (QED) is 0.655. The predicted molar refractivity (Wildman–Crippen MR) is 70.4 cm³/mol. The monoisotopic (exact) mass is 243 g/mol. The number of para-hydroxylation sites is 1. The molecule has 1 amide bonds. The predicted octanol–water partition coefficient (Wildman–Crippen LogP) is 2.47. The van der Waals surface area contributed by atoms with Gasteiger partial charge in [-0.15, -0.1) is 0 Å². The highest BCUT2D eigenvalue weighted by Crippen LogP contribution is 2.47. The van der Waals surface area contributed by atoms with E-state index >= 15 is 0 Å². The average Bonchev–Trinajstić information content (AvgIpc) is 2.54. The highest BCUT2D eigenvalue weighted by Gasteiger charge is 2.54. The number of anilines is 1. The fraction of sp³-hybridized carbons (Fsp3) is 0.400. The number of carbonyl (C=O) groups is 1. The van der Waals surface area contributed by atoms with Crippen LogP contribution in [0.3, 0.4) is 0 Å². The summed E-state index contributed by atoms with van der Waals surface area (Å²) < 4.78 is 6.02. The molecule has 0 fully saturated rings. The summed E-state index contributed by atoms with van der Waals surface area (Å²) in [5.41, 5.74) is 1.14. The van der Waals surface area contributed by atoms with Gasteiger partial charge in [-0.05, 0) is 12.5 Å². The van der Waals surface area contributed by atoms with E-state index < -0.39 is 5.60 Å². The number of hydrogen-bond acceptors (Lipinski definition) is 2. The van der Waals surface area contributed by atoms with Crippen LogP contribution in [0.25, 0.3) is 0 Å². The number of likely N-dealkylation sites (N-methyl/N-ethyl adjacent to an activating group) is 1. The molecule has 0 saturated carbocycles. The van der Waals surface area contributed by atoms with Crippen molar-refractivity contribution in [2.45, 2.75) is 18.9 Å². The summed E-state index contributed by atoms with van der Waals surface area (Å²) in [4.78, 5) is 14.4. The summed E-state index contributed by atoms with van der Waals surface area (Å²) in [5.74, 6) is 0.0985. The maximum Gasteiger partial charge on any atom is 0.264 e. The maximum atomic E-state index is 12.7. The molecule has 1 spiro atoms. The Kier molecular flexibility index (Phi) is 2.52. The lowest BCUT2D eigenvalue weighted by Gasteiger charge is -2.31. The molecule has 0 radical (unpaired) electrons. The summed E-state index contributed by atoms with van der Waals surface area (Å²) in [5, 5.41) is 0. The summed E-state index contributed by atoms with van der Waals surface area (Å²) in [7, 11) is 1.82. The molecule has 0 unspecified atom stereocenters. The van der Waals surface area contributed by atoms with Crippen LogP contribution in [0.1, 0.15) is 18.9 Å². The van der Waals surface area contributed by atoms with E-state index in [4.69, 9.17) is 4.74 Å². The number of benzene rings is 1. The molecular formula is C15H17NO2. The molecule has 3 nitrogen and oxygen atoms in total. The van der Waals surface area contributed by atoms with Crippen LogP contribution in [0.4, 0.5) is 5.69 Å². The molecule has 1 aromatic rings. The van der Waals surface area contributed by atoms with Gasteiger partial charge in [-0.2, -0.15) is 0 Å². The van der Waals surface area contributed by atoms with Crippen LogP contribution in [-0.4, -0.2) is 19.6 Å². The first-order valence-corrected chi connectivity index (χ1v) is 6.36. The van der Waals surface area contributed by atoms with Crippen LogP contribution in [0.2, 0.25) is 0 Å². The van der Waals surface area contributed by atoms with Gasteiger partial charge in [-0.3, -0.25) is 4.79 Å². The zero-order valence-electron chi connectivity index (χ0n) is 10.7. The molecule has 2 aliphatic heterocycles. The van der Waals surface area contributed by atoms with Crippen molar-refractivity contribution in [1.29, 1.82) is 0 Å². The summed E-state index contributed by atoms with van der Waals surface area (Å²) in [6.45, 7) is 2.64. The molecule has 94 valence electrons. The first kappa shape index (κ1) is 11.5. The standard InChI is InChI=1S/C15H17NO2/c1-11-7-5-6-10-18-15(11)12-8-3-4-9-13(12)16(2)14(15)17/h3-5,7-9,11H,6,10H2,1-2H3/t11-,15+/m1/s1. The van der Waals surface area contributed by atoms with Crippen molar-refractivity contribution in [2.24, 2.45) is 5.92 Å². The number of ether oxygens (including phenoxy) is 1. The topological polar surface area (TPSA) is 29.5 Å². The summed E-state index contributed by atoms with van der Waals surface area (Å²) in [6.07, 6.45) is 5.07. The van der Waals surface area contributed by atoms with E-state index in [1.54, 1.807) is 4.90 Å². The molecule has 0 bridgehead atoms. The van der Waals surface area contributed by atoms with Gasteiger partial charge in [0.25, 0.3) is 5.91 Å². The van der Waals surface area contributed by atoms with E-state index in [-0.39, 0.29) is 11.8 Å². The van der Waals surface area contributed by atoms with Crippen molar-refractivity contribution in [3.63, 3.8) is 0 Å². The van der Waals surface area contributed by atoms with Gasteiger partial charge >= 0.3 is 0 Å². The van der Waals surface area contributed by atoms with Crippen molar-refractivity contribution >= 4 is 11.6 Å². The number of nitrogens with zero attached hydrogens (tertiary/aromatic N) is 1. The van der Waals surface area contributed by atoms with Crippen molar-refractivity contribution < 1.29 is 9.53 Å². The number of hydrogen-bond donors (Lipinski definition) is 0. The first-order chi connectivity index (χ1) is 8.68. The third-order valence-electron chi connectivity index (χ3n) is 3.97. The van der Waals surface area contributed by atoms with Crippen LogP contribution < -0.4 is 4.90 Å². The van der Waals surface area contributed by atoms with Crippen molar-refractivity contribution in [3.05, 3.63) is 42.0 Å². The SMILES string of the molecule is C[C@@H]1C=CCCO[C@@]12C(=O)N(C)c1ccccc12. The number of amides is 1. The van der Waals surface area contributed by atoms with Gasteiger partial charge in [0.05, 0.1) is 12.3 Å². The van der Waals surface area contributed by atoms with E-state index in [2.05, 4.69) is 19.1 Å². The maximum absolute atomic E-state index is 12.7. The van der Waals surface area contributed by atoms with Crippen LogP contribution in [0.15, 0.2) is 36.4 Å². The lowest BCUT2D eigenvalue weighted by atomic mass is 9.83. The molecule has 1 aromatic carbocycles. The highest BCUT2D eigenvalue weighted by atomic mass is 16.5. The first-order valence-electron chi connectivity index (χ1n) is 6.36. The van der Waals surface area contributed by atoms with Gasteiger partial charge < -0.3 is 9.64 Å². The molecule has 0 aliphatic carbocycles. The zero-order chi connectivity index (χ0) is 12.8. The van der Waals surface area contributed by atoms with E-state index in [0.717, 1.165) is 17.7 Å². The Bertz CT molecular complexity index is 523. The number of fused-ring (bicyclic) bond motifs is 2. The summed E-state index contributed by atoms with van der Waals surface area (Å²) >= 11 is 0. The molecule has 0 aromatic heterocycles. The number of carbonyl (C=O) groups excluding carboxylic acids is 1. The van der Waals surface area contributed by atoms with Crippen LogP contribution >= 0.6 is 0 Å². The molecule has 3 heteroatoms. The van der Waals surface area contributed by atoms with Crippen LogP contribution in [0, 0.1) is 5.92 Å². The smallest absolute Gasteiger partial charge is 0.264 e. The van der Waals surface area contributed by atoms with Crippen molar-refractivity contribution in [1.82, 2.24) is 0 Å². The Morgan fingerprint density at radius 3 is 3.00 bits per heavy atom. The van der Waals surface area contributed by atoms with Gasteiger partial charge in [0.2, 0.25) is 0 Å². The molecule has 18 heavy (non-hydrogen) atoms. The van der Waals surface area contributed by atoms with Crippen LogP contribution in [0.5, 0.6) is 0 Å². The second-order valence-corrected chi connectivity index (χ2v) is 4.97. The summed E-state index contributed by atoms with van der Waals surface area (Å²) in [6, 6.07) is 7.91. The van der Waals surface area contributed by atoms with E-state index in [1.165, 1.54) is 0 Å². The largest absolute Gasteiger partial charge is 0.359 e. The van der Waals surface area contributed by atoms with Crippen molar-refractivity contribution in [2.75, 3.05) is 18.6 Å². The Hall–Kier alpha value is -1.61. The molecule has 0 N–H and O–H groups in total. The third-order valence-corrected chi connectivity index (χ3v) is 3.97. The van der Waals surface area contributed by atoms with Gasteiger partial charge in [-0.25, -0.2) is 0 Å². The Morgan fingerprint density at radius 2 is 2.17 bits per heavy atom. The minimum Gasteiger partial charge on any atom is -0.359 e. The molecule has 0 saturated heterocycles. The Morgan fingerprint density at radius 1 is 1.39 bits per heavy atom. The lowest BCUT2D eigenvalue weighted by molar-refractivity contribution is -0.148. The van der Waals surface area contributed by atoms with Crippen molar-refractivity contribution in [3.8, 4) is 0 Å². The van der Waals surface area contributed by atoms with E-state index in [0.29, 0.717) is 6.61 Å². The minimum atomic E-state index is -0.821. The minimum absolute atomic E-state index is 0.0442. The normalized spacial score (nSPS) is 30.7. The Labute approximate surface area is 107 Å². The molecule has 3 rings (SSSR count). The fourth-order valence-corrected chi connectivity index (χ4v) is 2.99. The highest BCUT2D eigenvalue weighted by molar-refractivity contribution is 6.07. The van der Waals surface area contributed by atoms with Gasteiger partial charge in [0, 0.05) is 18.5 Å². The molecule has 2 heterocycles. The Balaban J connectivity index is 2.22.